The van der Waals surface area contributed by atoms with E-state index in [0.717, 1.165) is 0 Å². The Morgan fingerprint density at radius 2 is 2.10 bits per heavy atom. The first-order valence-electron chi connectivity index (χ1n) is 6.64. The Morgan fingerprint density at radius 3 is 2.86 bits per heavy atom. The summed E-state index contributed by atoms with van der Waals surface area (Å²) in [6.07, 6.45) is 1.53. The van der Waals surface area contributed by atoms with E-state index < -0.39 is 0 Å². The highest BCUT2D eigenvalue weighted by Crippen LogP contribution is 2.34. The Morgan fingerprint density at radius 1 is 1.24 bits per heavy atom. The van der Waals surface area contributed by atoms with Crippen molar-refractivity contribution < 1.29 is 18.7 Å². The Balaban J connectivity index is 1.92. The molecule has 21 heavy (non-hydrogen) atoms. The molecule has 2 aromatic rings. The van der Waals surface area contributed by atoms with E-state index in [-0.39, 0.29) is 17.4 Å². The second-order valence-corrected chi connectivity index (χ2v) is 4.59. The fourth-order valence-electron chi connectivity index (χ4n) is 2.17. The summed E-state index contributed by atoms with van der Waals surface area (Å²) in [6.45, 7) is 2.42. The number of ketones is 1. The van der Waals surface area contributed by atoms with Gasteiger partial charge in [-0.2, -0.15) is 0 Å². The Kier molecular flexibility index (Phi) is 3.44. The van der Waals surface area contributed by atoms with Crippen molar-refractivity contribution in [3.8, 4) is 11.5 Å². The normalized spacial score (nSPS) is 15.0. The SMILES string of the molecule is CCOc1ccc2c(c1)O/C(=C\c1cccc(F)c1)C2=O. The Labute approximate surface area is 121 Å². The second kappa shape index (κ2) is 5.40. The molecule has 0 aliphatic carbocycles. The van der Waals surface area contributed by atoms with E-state index in [1.807, 2.05) is 6.92 Å². The predicted octanol–water partition coefficient (Wildman–Crippen LogP) is 3.84. The number of hydrogen-bond acceptors (Lipinski definition) is 3. The van der Waals surface area contributed by atoms with E-state index in [2.05, 4.69) is 0 Å². The van der Waals surface area contributed by atoms with E-state index >= 15 is 0 Å². The minimum atomic E-state index is -0.356. The molecule has 0 spiro atoms. The molecule has 0 amide bonds. The Bertz CT molecular complexity index is 735. The van der Waals surface area contributed by atoms with Crippen molar-refractivity contribution in [2.75, 3.05) is 6.61 Å². The van der Waals surface area contributed by atoms with Gasteiger partial charge in [-0.1, -0.05) is 12.1 Å². The van der Waals surface area contributed by atoms with Crippen LogP contribution in [0.15, 0.2) is 48.2 Å². The van der Waals surface area contributed by atoms with Crippen LogP contribution in [-0.4, -0.2) is 12.4 Å². The number of benzene rings is 2. The third-order valence-electron chi connectivity index (χ3n) is 3.10. The molecule has 3 rings (SSSR count). The molecule has 1 heterocycles. The molecule has 0 atom stereocenters. The van der Waals surface area contributed by atoms with Gasteiger partial charge in [0.2, 0.25) is 5.78 Å². The quantitative estimate of drug-likeness (QED) is 0.803. The van der Waals surface area contributed by atoms with Gasteiger partial charge >= 0.3 is 0 Å². The number of Topliss-reactive ketones (excluding diaryl/α,β-unsaturated/α-hetero) is 1. The van der Waals surface area contributed by atoms with Gasteiger partial charge < -0.3 is 9.47 Å². The molecular weight excluding hydrogens is 271 g/mol. The summed E-state index contributed by atoms with van der Waals surface area (Å²) in [4.78, 5) is 12.2. The zero-order valence-corrected chi connectivity index (χ0v) is 11.4. The standard InChI is InChI=1S/C17H13FO3/c1-2-20-13-6-7-14-15(10-13)21-16(17(14)19)9-11-4-3-5-12(18)8-11/h3-10H,2H2,1H3/b16-9-. The van der Waals surface area contributed by atoms with Crippen molar-refractivity contribution in [2.24, 2.45) is 0 Å². The van der Waals surface area contributed by atoms with Gasteiger partial charge in [-0.25, -0.2) is 4.39 Å². The fraction of sp³-hybridized carbons (Fsp3) is 0.118. The van der Waals surface area contributed by atoms with E-state index in [4.69, 9.17) is 9.47 Å². The second-order valence-electron chi connectivity index (χ2n) is 4.59. The highest BCUT2D eigenvalue weighted by atomic mass is 19.1. The molecule has 4 heteroatoms. The lowest BCUT2D eigenvalue weighted by Gasteiger charge is -2.03. The first-order chi connectivity index (χ1) is 10.2. The molecule has 2 aromatic carbocycles. The van der Waals surface area contributed by atoms with Gasteiger partial charge in [-0.3, -0.25) is 4.79 Å². The zero-order valence-electron chi connectivity index (χ0n) is 11.4. The van der Waals surface area contributed by atoms with Crippen LogP contribution in [0.5, 0.6) is 11.5 Å². The lowest BCUT2D eigenvalue weighted by Crippen LogP contribution is -1.98. The van der Waals surface area contributed by atoms with Gasteiger partial charge in [0, 0.05) is 6.07 Å². The molecule has 0 unspecified atom stereocenters. The highest BCUT2D eigenvalue weighted by Gasteiger charge is 2.27. The number of fused-ring (bicyclic) bond motifs is 1. The van der Waals surface area contributed by atoms with Crippen LogP contribution in [0.25, 0.3) is 6.08 Å². The molecule has 0 saturated carbocycles. The molecule has 0 fully saturated rings. The van der Waals surface area contributed by atoms with Gasteiger partial charge in [-0.05, 0) is 42.8 Å². The van der Waals surface area contributed by atoms with Gasteiger partial charge in [-0.15, -0.1) is 0 Å². The first kappa shape index (κ1) is 13.4. The number of carbonyl (C=O) groups excluding carboxylic acids is 1. The van der Waals surface area contributed by atoms with Crippen LogP contribution in [0.4, 0.5) is 4.39 Å². The minimum absolute atomic E-state index is 0.184. The van der Waals surface area contributed by atoms with Crippen LogP contribution >= 0.6 is 0 Å². The Hall–Kier alpha value is -2.62. The van der Waals surface area contributed by atoms with Crippen LogP contribution < -0.4 is 9.47 Å². The zero-order chi connectivity index (χ0) is 14.8. The van der Waals surface area contributed by atoms with Crippen LogP contribution in [0.1, 0.15) is 22.8 Å². The van der Waals surface area contributed by atoms with E-state index in [0.29, 0.717) is 29.2 Å². The molecule has 1 aliphatic heterocycles. The summed E-state index contributed by atoms with van der Waals surface area (Å²) in [6, 6.07) is 11.1. The number of rotatable bonds is 3. The number of hydrogen-bond donors (Lipinski definition) is 0. The van der Waals surface area contributed by atoms with Gasteiger partial charge in [0.25, 0.3) is 0 Å². The third-order valence-corrected chi connectivity index (χ3v) is 3.10. The molecule has 106 valence electrons. The average molecular weight is 284 g/mol. The van der Waals surface area contributed by atoms with Crippen molar-refractivity contribution in [1.29, 1.82) is 0 Å². The summed E-state index contributed by atoms with van der Waals surface area (Å²) < 4.78 is 24.1. The van der Waals surface area contributed by atoms with Crippen molar-refractivity contribution in [1.82, 2.24) is 0 Å². The van der Waals surface area contributed by atoms with Crippen molar-refractivity contribution in [2.45, 2.75) is 6.92 Å². The average Bonchev–Trinajstić information content (AvgIpc) is 2.75. The molecule has 0 N–H and O–H groups in total. The van der Waals surface area contributed by atoms with Crippen molar-refractivity contribution in [3.05, 3.63) is 65.2 Å². The predicted molar refractivity (Wildman–Crippen MR) is 76.9 cm³/mol. The smallest absolute Gasteiger partial charge is 0.231 e. The summed E-state index contributed by atoms with van der Waals surface area (Å²) >= 11 is 0. The van der Waals surface area contributed by atoms with Crippen LogP contribution in [-0.2, 0) is 0 Å². The van der Waals surface area contributed by atoms with Crippen molar-refractivity contribution in [3.63, 3.8) is 0 Å². The summed E-state index contributed by atoms with van der Waals surface area (Å²) in [5.41, 5.74) is 1.07. The number of halogens is 1. The fourth-order valence-corrected chi connectivity index (χ4v) is 2.17. The highest BCUT2D eigenvalue weighted by molar-refractivity contribution is 6.14. The van der Waals surface area contributed by atoms with Crippen molar-refractivity contribution >= 4 is 11.9 Å². The summed E-state index contributed by atoms with van der Waals surface area (Å²) in [5, 5.41) is 0. The maximum Gasteiger partial charge on any atom is 0.231 e. The van der Waals surface area contributed by atoms with E-state index in [9.17, 15) is 9.18 Å². The topological polar surface area (TPSA) is 35.5 Å². The molecular formula is C17H13FO3. The van der Waals surface area contributed by atoms with E-state index in [1.54, 1.807) is 30.3 Å². The molecule has 3 nitrogen and oxygen atoms in total. The van der Waals surface area contributed by atoms with E-state index in [1.165, 1.54) is 18.2 Å². The number of ether oxygens (including phenoxy) is 2. The van der Waals surface area contributed by atoms with Gasteiger partial charge in [0.15, 0.2) is 5.76 Å². The molecule has 0 saturated heterocycles. The maximum absolute atomic E-state index is 13.2. The lowest BCUT2D eigenvalue weighted by molar-refractivity contribution is 0.101. The summed E-state index contributed by atoms with van der Waals surface area (Å²) in [7, 11) is 0. The monoisotopic (exact) mass is 284 g/mol. The largest absolute Gasteiger partial charge is 0.494 e. The van der Waals surface area contributed by atoms with Gasteiger partial charge in [0.05, 0.1) is 12.2 Å². The van der Waals surface area contributed by atoms with Crippen LogP contribution in [0.3, 0.4) is 0 Å². The third kappa shape index (κ3) is 2.65. The molecule has 0 aromatic heterocycles. The van der Waals surface area contributed by atoms with Crippen LogP contribution in [0, 0.1) is 5.82 Å². The van der Waals surface area contributed by atoms with Crippen LogP contribution in [0.2, 0.25) is 0 Å². The number of carbonyl (C=O) groups is 1. The summed E-state index contributed by atoms with van der Waals surface area (Å²) in [5.74, 6) is 0.733. The molecule has 0 radical (unpaired) electrons. The molecule has 1 aliphatic rings. The lowest BCUT2D eigenvalue weighted by atomic mass is 10.1. The first-order valence-corrected chi connectivity index (χ1v) is 6.64. The maximum atomic E-state index is 13.2. The molecule has 0 bridgehead atoms. The van der Waals surface area contributed by atoms with Gasteiger partial charge in [0.1, 0.15) is 17.3 Å². The number of allylic oxidation sites excluding steroid dienone is 1. The minimum Gasteiger partial charge on any atom is -0.494 e.